The van der Waals surface area contributed by atoms with E-state index in [0.29, 0.717) is 6.61 Å². The molecular weight excluding hydrogens is 321 g/mol. The highest BCUT2D eigenvalue weighted by molar-refractivity contribution is 7.87. The van der Waals surface area contributed by atoms with Gasteiger partial charge in [-0.2, -0.15) is 8.42 Å². The van der Waals surface area contributed by atoms with Crippen molar-refractivity contribution in [2.75, 3.05) is 6.54 Å². The van der Waals surface area contributed by atoms with Gasteiger partial charge in [0.1, 0.15) is 5.25 Å². The SMILES string of the molecule is O=C1CC(S(=O)(=O)F)CN1C1CCCC1OCc1ccccc1. The molecule has 0 N–H and O–H groups in total. The van der Waals surface area contributed by atoms with Gasteiger partial charge in [0.2, 0.25) is 5.91 Å². The molecule has 1 aromatic carbocycles. The monoisotopic (exact) mass is 341 g/mol. The smallest absolute Gasteiger partial charge is 0.307 e. The van der Waals surface area contributed by atoms with Gasteiger partial charge in [-0.05, 0) is 24.8 Å². The zero-order chi connectivity index (χ0) is 16.4. The highest BCUT2D eigenvalue weighted by Gasteiger charge is 2.44. The van der Waals surface area contributed by atoms with Crippen molar-refractivity contribution in [3.8, 4) is 0 Å². The largest absolute Gasteiger partial charge is 0.371 e. The van der Waals surface area contributed by atoms with Crippen LogP contribution in [0.5, 0.6) is 0 Å². The first-order valence-corrected chi connectivity index (χ1v) is 9.28. The maximum atomic E-state index is 13.2. The standard InChI is InChI=1S/C16H20FNO4S/c17-23(20,21)13-9-16(19)18(10-13)14-7-4-8-15(14)22-11-12-5-2-1-3-6-12/h1-3,5-6,13-15H,4,7-11H2. The Hall–Kier alpha value is -1.47. The molecule has 1 aliphatic heterocycles. The molecule has 1 heterocycles. The van der Waals surface area contributed by atoms with E-state index < -0.39 is 15.5 Å². The van der Waals surface area contributed by atoms with Crippen LogP contribution in [0.25, 0.3) is 0 Å². The molecule has 2 aliphatic rings. The Balaban J connectivity index is 1.64. The van der Waals surface area contributed by atoms with Crippen molar-refractivity contribution in [3.63, 3.8) is 0 Å². The molecule has 7 heteroatoms. The molecule has 5 nitrogen and oxygen atoms in total. The first kappa shape index (κ1) is 16.4. The number of halogens is 1. The van der Waals surface area contributed by atoms with Crippen LogP contribution in [0.3, 0.4) is 0 Å². The molecule has 2 fully saturated rings. The van der Waals surface area contributed by atoms with Crippen LogP contribution in [0, 0.1) is 0 Å². The van der Waals surface area contributed by atoms with Crippen molar-refractivity contribution < 1.29 is 21.8 Å². The molecule has 0 radical (unpaired) electrons. The Morgan fingerprint density at radius 2 is 1.96 bits per heavy atom. The highest BCUT2D eigenvalue weighted by Crippen LogP contribution is 2.32. The van der Waals surface area contributed by atoms with Crippen molar-refractivity contribution in [1.29, 1.82) is 0 Å². The van der Waals surface area contributed by atoms with E-state index in [9.17, 15) is 17.1 Å². The predicted octanol–water partition coefficient (Wildman–Crippen LogP) is 2.02. The maximum Gasteiger partial charge on any atom is 0.307 e. The van der Waals surface area contributed by atoms with Gasteiger partial charge in [0.15, 0.2) is 0 Å². The van der Waals surface area contributed by atoms with Crippen LogP contribution in [0.15, 0.2) is 30.3 Å². The van der Waals surface area contributed by atoms with Crippen molar-refractivity contribution in [1.82, 2.24) is 4.90 Å². The molecular formula is C16H20FNO4S. The van der Waals surface area contributed by atoms with E-state index in [0.717, 1.165) is 24.8 Å². The molecule has 1 saturated carbocycles. The molecule has 0 bridgehead atoms. The molecule has 1 aliphatic carbocycles. The Morgan fingerprint density at radius 1 is 1.22 bits per heavy atom. The van der Waals surface area contributed by atoms with Gasteiger partial charge in [-0.1, -0.05) is 30.3 Å². The molecule has 0 aromatic heterocycles. The molecule has 1 amide bonds. The number of hydrogen-bond acceptors (Lipinski definition) is 4. The lowest BCUT2D eigenvalue weighted by Crippen LogP contribution is -2.43. The van der Waals surface area contributed by atoms with Crippen LogP contribution < -0.4 is 0 Å². The summed E-state index contributed by atoms with van der Waals surface area (Å²) in [5, 5.41) is -1.23. The van der Waals surface area contributed by atoms with E-state index in [-0.39, 0.29) is 31.0 Å². The second-order valence-electron chi connectivity index (χ2n) is 6.18. The molecule has 0 spiro atoms. The number of amides is 1. The molecule has 1 saturated heterocycles. The van der Waals surface area contributed by atoms with Crippen molar-refractivity contribution in [2.24, 2.45) is 0 Å². The number of carbonyl (C=O) groups is 1. The summed E-state index contributed by atoms with van der Waals surface area (Å²) in [6.07, 6.45) is 2.13. The summed E-state index contributed by atoms with van der Waals surface area (Å²) in [4.78, 5) is 13.6. The quantitative estimate of drug-likeness (QED) is 0.769. The number of hydrogen-bond donors (Lipinski definition) is 0. The van der Waals surface area contributed by atoms with E-state index in [1.54, 1.807) is 0 Å². The second kappa shape index (κ2) is 6.57. The molecule has 23 heavy (non-hydrogen) atoms. The van der Waals surface area contributed by atoms with Gasteiger partial charge < -0.3 is 9.64 Å². The van der Waals surface area contributed by atoms with Crippen molar-refractivity contribution in [3.05, 3.63) is 35.9 Å². The van der Waals surface area contributed by atoms with Gasteiger partial charge in [-0.15, -0.1) is 3.89 Å². The van der Waals surface area contributed by atoms with E-state index in [2.05, 4.69) is 0 Å². The average Bonchev–Trinajstić information content (AvgIpc) is 3.11. The fourth-order valence-electron chi connectivity index (χ4n) is 3.44. The fourth-order valence-corrected chi connectivity index (χ4v) is 4.12. The third-order valence-electron chi connectivity index (χ3n) is 4.65. The second-order valence-corrected chi connectivity index (χ2v) is 7.80. The molecule has 3 rings (SSSR count). The maximum absolute atomic E-state index is 13.2. The number of nitrogens with zero attached hydrogens (tertiary/aromatic N) is 1. The molecule has 3 atom stereocenters. The van der Waals surface area contributed by atoms with Crippen LogP contribution in [0.1, 0.15) is 31.2 Å². The van der Waals surface area contributed by atoms with Crippen LogP contribution in [-0.2, 0) is 26.4 Å². The zero-order valence-corrected chi connectivity index (χ0v) is 13.5. The van der Waals surface area contributed by atoms with E-state index in [1.165, 1.54) is 4.90 Å². The predicted molar refractivity (Wildman–Crippen MR) is 82.8 cm³/mol. The minimum absolute atomic E-state index is 0.0620. The Labute approximate surface area is 135 Å². The Bertz CT molecular complexity index is 664. The van der Waals surface area contributed by atoms with E-state index in [1.807, 2.05) is 30.3 Å². The van der Waals surface area contributed by atoms with Crippen LogP contribution >= 0.6 is 0 Å². The Kier molecular flexibility index (Phi) is 4.68. The summed E-state index contributed by atoms with van der Waals surface area (Å²) in [5.41, 5.74) is 1.05. The van der Waals surface area contributed by atoms with E-state index in [4.69, 9.17) is 4.74 Å². The average molecular weight is 341 g/mol. The Morgan fingerprint density at radius 3 is 2.61 bits per heavy atom. The lowest BCUT2D eigenvalue weighted by molar-refractivity contribution is -0.132. The third kappa shape index (κ3) is 3.72. The first-order chi connectivity index (χ1) is 10.9. The van der Waals surface area contributed by atoms with Crippen LogP contribution in [0.4, 0.5) is 3.89 Å². The summed E-state index contributed by atoms with van der Waals surface area (Å²) in [6.45, 7) is 0.391. The van der Waals surface area contributed by atoms with Crippen molar-refractivity contribution >= 4 is 16.1 Å². The summed E-state index contributed by atoms with van der Waals surface area (Å²) < 4.78 is 41.2. The number of ether oxygens (including phenoxy) is 1. The minimum Gasteiger partial charge on any atom is -0.371 e. The molecule has 1 aromatic rings. The minimum atomic E-state index is -4.67. The zero-order valence-electron chi connectivity index (χ0n) is 12.7. The fraction of sp³-hybridized carbons (Fsp3) is 0.562. The summed E-state index contributed by atoms with van der Waals surface area (Å²) in [6, 6.07) is 9.59. The molecule has 3 unspecified atom stereocenters. The van der Waals surface area contributed by atoms with E-state index >= 15 is 0 Å². The number of benzene rings is 1. The number of likely N-dealkylation sites (tertiary alicyclic amines) is 1. The molecule has 126 valence electrons. The number of rotatable bonds is 5. The van der Waals surface area contributed by atoms with Crippen molar-refractivity contribution in [2.45, 2.75) is 49.7 Å². The first-order valence-electron chi connectivity index (χ1n) is 7.83. The van der Waals surface area contributed by atoms with Gasteiger partial charge in [0.25, 0.3) is 0 Å². The van der Waals surface area contributed by atoms with Gasteiger partial charge in [0, 0.05) is 13.0 Å². The summed E-state index contributed by atoms with van der Waals surface area (Å²) in [5.74, 6) is -0.295. The summed E-state index contributed by atoms with van der Waals surface area (Å²) >= 11 is 0. The van der Waals surface area contributed by atoms with Gasteiger partial charge >= 0.3 is 10.2 Å². The number of carbonyl (C=O) groups excluding carboxylic acids is 1. The summed E-state index contributed by atoms with van der Waals surface area (Å²) in [7, 11) is -4.67. The van der Waals surface area contributed by atoms with Gasteiger partial charge in [0.05, 0.1) is 18.8 Å². The lowest BCUT2D eigenvalue weighted by Gasteiger charge is -2.29. The lowest BCUT2D eigenvalue weighted by atomic mass is 10.2. The third-order valence-corrected chi connectivity index (χ3v) is 5.76. The van der Waals surface area contributed by atoms with Gasteiger partial charge in [-0.25, -0.2) is 0 Å². The normalized spacial score (nSPS) is 28.5. The van der Waals surface area contributed by atoms with Crippen LogP contribution in [-0.4, -0.2) is 43.2 Å². The highest BCUT2D eigenvalue weighted by atomic mass is 32.3. The topological polar surface area (TPSA) is 63.7 Å². The van der Waals surface area contributed by atoms with Gasteiger partial charge in [-0.3, -0.25) is 4.79 Å². The van der Waals surface area contributed by atoms with Crippen LogP contribution in [0.2, 0.25) is 0 Å².